The van der Waals surface area contributed by atoms with E-state index in [1.54, 1.807) is 13.0 Å². The summed E-state index contributed by atoms with van der Waals surface area (Å²) in [5, 5.41) is 9.40. The smallest absolute Gasteiger partial charge is 0.341 e. The van der Waals surface area contributed by atoms with Crippen molar-refractivity contribution in [3.05, 3.63) is 28.8 Å². The Morgan fingerprint density at radius 3 is 2.71 bits per heavy atom. The van der Waals surface area contributed by atoms with Crippen LogP contribution in [0.5, 0.6) is 5.75 Å². The van der Waals surface area contributed by atoms with Gasteiger partial charge < -0.3 is 9.47 Å². The Labute approximate surface area is 108 Å². The molecule has 0 spiro atoms. The molecule has 0 unspecified atom stereocenters. The Kier molecular flexibility index (Phi) is 4.98. The van der Waals surface area contributed by atoms with Gasteiger partial charge in [-0.2, -0.15) is 5.26 Å². The summed E-state index contributed by atoms with van der Waals surface area (Å²) in [4.78, 5) is 11.7. The van der Waals surface area contributed by atoms with Crippen LogP contribution in [0.15, 0.2) is 12.1 Å². The third-order valence-electron chi connectivity index (χ3n) is 2.14. The third-order valence-corrected chi connectivity index (χ3v) is 2.74. The number of hydrogen-bond acceptors (Lipinski definition) is 4. The maximum Gasteiger partial charge on any atom is 0.341 e. The normalized spacial score (nSPS) is 9.53. The molecular formula is C12H12BrNO3. The highest BCUT2D eigenvalue weighted by molar-refractivity contribution is 9.08. The number of halogens is 1. The Bertz CT molecular complexity index is 466. The van der Waals surface area contributed by atoms with Crippen LogP contribution in [0.2, 0.25) is 0 Å². The van der Waals surface area contributed by atoms with Gasteiger partial charge in [0.15, 0.2) is 0 Å². The number of methoxy groups -OCH3 is 1. The molecule has 0 aliphatic rings. The van der Waals surface area contributed by atoms with Crippen LogP contribution in [0, 0.1) is 11.3 Å². The summed E-state index contributed by atoms with van der Waals surface area (Å²) in [5.41, 5.74) is 1.43. The van der Waals surface area contributed by atoms with Crippen molar-refractivity contribution in [1.82, 2.24) is 0 Å². The minimum absolute atomic E-state index is 0.280. The van der Waals surface area contributed by atoms with E-state index in [-0.39, 0.29) is 12.2 Å². The second kappa shape index (κ2) is 6.26. The van der Waals surface area contributed by atoms with E-state index in [0.29, 0.717) is 16.6 Å². The van der Waals surface area contributed by atoms with E-state index in [1.165, 1.54) is 13.2 Å². The van der Waals surface area contributed by atoms with Crippen LogP contribution in [0.4, 0.5) is 0 Å². The van der Waals surface area contributed by atoms with E-state index in [0.717, 1.165) is 5.56 Å². The van der Waals surface area contributed by atoms with Gasteiger partial charge in [0.1, 0.15) is 11.3 Å². The van der Waals surface area contributed by atoms with Crippen molar-refractivity contribution < 1.29 is 14.3 Å². The Morgan fingerprint density at radius 2 is 2.24 bits per heavy atom. The molecule has 0 aliphatic carbocycles. The van der Waals surface area contributed by atoms with Crippen LogP contribution >= 0.6 is 15.9 Å². The summed E-state index contributed by atoms with van der Waals surface area (Å²) in [7, 11) is 1.48. The molecule has 0 saturated heterocycles. The summed E-state index contributed by atoms with van der Waals surface area (Å²) in [6.45, 7) is 2.01. The molecule has 0 radical (unpaired) electrons. The SMILES string of the molecule is CCOC(=O)c1cc(C#N)cc(CBr)c1OC. The first-order valence-corrected chi connectivity index (χ1v) is 6.14. The monoisotopic (exact) mass is 297 g/mol. The van der Waals surface area contributed by atoms with Crippen LogP contribution in [0.1, 0.15) is 28.4 Å². The van der Waals surface area contributed by atoms with E-state index in [4.69, 9.17) is 14.7 Å². The predicted molar refractivity (Wildman–Crippen MR) is 66.3 cm³/mol. The van der Waals surface area contributed by atoms with Crippen molar-refractivity contribution in [2.24, 2.45) is 0 Å². The van der Waals surface area contributed by atoms with Gasteiger partial charge in [0.05, 0.1) is 25.3 Å². The average Bonchev–Trinajstić information content (AvgIpc) is 2.37. The molecule has 0 atom stereocenters. The Balaban J connectivity index is 3.35. The first kappa shape index (κ1) is 13.5. The van der Waals surface area contributed by atoms with Gasteiger partial charge in [-0.3, -0.25) is 0 Å². The molecule has 1 aromatic carbocycles. The number of esters is 1. The number of ether oxygens (including phenoxy) is 2. The van der Waals surface area contributed by atoms with Gasteiger partial charge in [0, 0.05) is 10.9 Å². The number of carbonyl (C=O) groups excluding carboxylic acids is 1. The van der Waals surface area contributed by atoms with E-state index in [9.17, 15) is 4.79 Å². The molecule has 1 rings (SSSR count). The molecule has 0 bridgehead atoms. The average molecular weight is 298 g/mol. The lowest BCUT2D eigenvalue weighted by molar-refractivity contribution is 0.0522. The number of alkyl halides is 1. The third kappa shape index (κ3) is 2.98. The molecule has 0 aromatic heterocycles. The van der Waals surface area contributed by atoms with Gasteiger partial charge in [-0.15, -0.1) is 0 Å². The number of carbonyl (C=O) groups is 1. The standard InChI is InChI=1S/C12H12BrNO3/c1-3-17-12(15)10-5-8(7-14)4-9(6-13)11(10)16-2/h4-5H,3,6H2,1-2H3. The van der Waals surface area contributed by atoms with Crippen molar-refractivity contribution in [2.45, 2.75) is 12.3 Å². The van der Waals surface area contributed by atoms with Crippen molar-refractivity contribution in [1.29, 1.82) is 5.26 Å². The molecule has 0 saturated carbocycles. The van der Waals surface area contributed by atoms with Gasteiger partial charge in [-0.1, -0.05) is 15.9 Å². The van der Waals surface area contributed by atoms with Gasteiger partial charge in [-0.25, -0.2) is 4.79 Å². The highest BCUT2D eigenvalue weighted by Crippen LogP contribution is 2.28. The zero-order chi connectivity index (χ0) is 12.8. The molecular weight excluding hydrogens is 286 g/mol. The fourth-order valence-electron chi connectivity index (χ4n) is 1.45. The number of benzene rings is 1. The van der Waals surface area contributed by atoms with Gasteiger partial charge >= 0.3 is 5.97 Å². The van der Waals surface area contributed by atoms with Crippen molar-refractivity contribution >= 4 is 21.9 Å². The minimum atomic E-state index is -0.483. The fourth-order valence-corrected chi connectivity index (χ4v) is 1.87. The van der Waals surface area contributed by atoms with Crippen LogP contribution in [-0.2, 0) is 10.1 Å². The number of nitriles is 1. The lowest BCUT2D eigenvalue weighted by atomic mass is 10.1. The highest BCUT2D eigenvalue weighted by atomic mass is 79.9. The summed E-state index contributed by atoms with van der Waals surface area (Å²) in [6.07, 6.45) is 0. The molecule has 1 aromatic rings. The summed E-state index contributed by atoms with van der Waals surface area (Å²) < 4.78 is 10.1. The zero-order valence-electron chi connectivity index (χ0n) is 9.62. The summed E-state index contributed by atoms with van der Waals surface area (Å²) in [6, 6.07) is 5.16. The molecule has 5 heteroatoms. The van der Waals surface area contributed by atoms with Crippen molar-refractivity contribution in [3.8, 4) is 11.8 Å². The largest absolute Gasteiger partial charge is 0.496 e. The van der Waals surface area contributed by atoms with E-state index in [2.05, 4.69) is 15.9 Å². The predicted octanol–water partition coefficient (Wildman–Crippen LogP) is 2.64. The highest BCUT2D eigenvalue weighted by Gasteiger charge is 2.18. The van der Waals surface area contributed by atoms with Gasteiger partial charge in [-0.05, 0) is 19.1 Å². The lowest BCUT2D eigenvalue weighted by Gasteiger charge is -2.12. The topological polar surface area (TPSA) is 59.3 Å². The molecule has 0 aliphatic heterocycles. The van der Waals surface area contributed by atoms with Crippen LogP contribution < -0.4 is 4.74 Å². The van der Waals surface area contributed by atoms with Gasteiger partial charge in [0.25, 0.3) is 0 Å². The molecule has 0 N–H and O–H groups in total. The lowest BCUT2D eigenvalue weighted by Crippen LogP contribution is -2.08. The van der Waals surface area contributed by atoms with Crippen molar-refractivity contribution in [2.75, 3.05) is 13.7 Å². The van der Waals surface area contributed by atoms with Crippen molar-refractivity contribution in [3.63, 3.8) is 0 Å². The first-order valence-electron chi connectivity index (χ1n) is 5.02. The Morgan fingerprint density at radius 1 is 1.53 bits per heavy atom. The molecule has 0 fully saturated rings. The van der Waals surface area contributed by atoms with E-state index < -0.39 is 5.97 Å². The zero-order valence-corrected chi connectivity index (χ0v) is 11.2. The van der Waals surface area contributed by atoms with Gasteiger partial charge in [0.2, 0.25) is 0 Å². The second-order valence-corrected chi connectivity index (χ2v) is 3.74. The van der Waals surface area contributed by atoms with Crippen LogP contribution in [0.25, 0.3) is 0 Å². The fraction of sp³-hybridized carbons (Fsp3) is 0.333. The summed E-state index contributed by atoms with van der Waals surface area (Å²) in [5.74, 6) is -0.0389. The van der Waals surface area contributed by atoms with E-state index in [1.807, 2.05) is 6.07 Å². The first-order chi connectivity index (χ1) is 8.17. The number of nitrogens with zero attached hydrogens (tertiary/aromatic N) is 1. The van der Waals surface area contributed by atoms with E-state index >= 15 is 0 Å². The molecule has 0 heterocycles. The number of rotatable bonds is 4. The quantitative estimate of drug-likeness (QED) is 0.633. The molecule has 90 valence electrons. The molecule has 4 nitrogen and oxygen atoms in total. The maximum absolute atomic E-state index is 11.7. The second-order valence-electron chi connectivity index (χ2n) is 3.18. The maximum atomic E-state index is 11.7. The van der Waals surface area contributed by atoms with Crippen LogP contribution in [-0.4, -0.2) is 19.7 Å². The molecule has 0 amide bonds. The number of hydrogen-bond donors (Lipinski definition) is 0. The Hall–Kier alpha value is -1.54. The summed E-state index contributed by atoms with van der Waals surface area (Å²) >= 11 is 3.29. The molecule has 17 heavy (non-hydrogen) atoms. The minimum Gasteiger partial charge on any atom is -0.496 e. The van der Waals surface area contributed by atoms with Crippen LogP contribution in [0.3, 0.4) is 0 Å².